The summed E-state index contributed by atoms with van der Waals surface area (Å²) >= 11 is 12.0. The van der Waals surface area contributed by atoms with E-state index >= 15 is 0 Å². The molecule has 82 valence electrons. The predicted octanol–water partition coefficient (Wildman–Crippen LogP) is 3.12. The fraction of sp³-hybridized carbons (Fsp3) is 0.455. The lowest BCUT2D eigenvalue weighted by molar-refractivity contribution is 0.167. The monoisotopic (exact) mass is 245 g/mol. The van der Waals surface area contributed by atoms with Crippen molar-refractivity contribution in [1.29, 1.82) is 0 Å². The summed E-state index contributed by atoms with van der Waals surface area (Å²) in [5, 5.41) is 4.44. The van der Waals surface area contributed by atoms with E-state index in [-0.39, 0.29) is 6.10 Å². The molecule has 0 aliphatic carbocycles. The Balaban J connectivity index is 2.09. The van der Waals surface area contributed by atoms with Gasteiger partial charge in [-0.15, -0.1) is 0 Å². The summed E-state index contributed by atoms with van der Waals surface area (Å²) < 4.78 is 5.79. The molecule has 1 fully saturated rings. The quantitative estimate of drug-likeness (QED) is 0.865. The van der Waals surface area contributed by atoms with Crippen molar-refractivity contribution in [2.75, 3.05) is 13.1 Å². The van der Waals surface area contributed by atoms with Crippen LogP contribution in [0.1, 0.15) is 12.8 Å². The van der Waals surface area contributed by atoms with E-state index < -0.39 is 0 Å². The van der Waals surface area contributed by atoms with Gasteiger partial charge in [-0.05, 0) is 31.5 Å². The minimum Gasteiger partial charge on any atom is -0.486 e. The third-order valence-corrected chi connectivity index (χ3v) is 3.05. The molecule has 1 heterocycles. The topological polar surface area (TPSA) is 21.3 Å². The number of rotatable bonds is 2. The van der Waals surface area contributed by atoms with Gasteiger partial charge in [-0.1, -0.05) is 29.3 Å². The smallest absolute Gasteiger partial charge is 0.156 e. The minimum absolute atomic E-state index is 0.177. The molecule has 0 bridgehead atoms. The van der Waals surface area contributed by atoms with Crippen LogP contribution in [0.3, 0.4) is 0 Å². The van der Waals surface area contributed by atoms with Crippen molar-refractivity contribution in [2.24, 2.45) is 0 Å². The number of ether oxygens (including phenoxy) is 1. The molecule has 1 atom stereocenters. The van der Waals surface area contributed by atoms with Gasteiger partial charge in [-0.25, -0.2) is 0 Å². The second-order valence-corrected chi connectivity index (χ2v) is 4.45. The number of para-hydroxylation sites is 1. The van der Waals surface area contributed by atoms with Crippen molar-refractivity contribution in [2.45, 2.75) is 18.9 Å². The van der Waals surface area contributed by atoms with Crippen molar-refractivity contribution in [3.05, 3.63) is 28.2 Å². The van der Waals surface area contributed by atoms with Gasteiger partial charge in [0.05, 0.1) is 10.0 Å². The molecule has 1 aliphatic rings. The molecule has 0 radical (unpaired) electrons. The van der Waals surface area contributed by atoms with Crippen LogP contribution in [0.25, 0.3) is 0 Å². The number of halogens is 2. The fourth-order valence-electron chi connectivity index (χ4n) is 1.68. The van der Waals surface area contributed by atoms with Gasteiger partial charge in [0.15, 0.2) is 5.75 Å². The summed E-state index contributed by atoms with van der Waals surface area (Å²) in [6.07, 6.45) is 2.36. The third kappa shape index (κ3) is 2.77. The van der Waals surface area contributed by atoms with Crippen molar-refractivity contribution < 1.29 is 4.74 Å². The highest BCUT2D eigenvalue weighted by Gasteiger charge is 2.17. The Labute approximate surface area is 99.5 Å². The first-order valence-corrected chi connectivity index (χ1v) is 5.84. The van der Waals surface area contributed by atoms with Crippen LogP contribution in [0.5, 0.6) is 5.75 Å². The van der Waals surface area contributed by atoms with Crippen molar-refractivity contribution in [1.82, 2.24) is 5.32 Å². The lowest BCUT2D eigenvalue weighted by atomic mass is 10.1. The normalized spacial score (nSPS) is 21.3. The molecule has 1 unspecified atom stereocenters. The van der Waals surface area contributed by atoms with E-state index in [1.165, 1.54) is 0 Å². The van der Waals surface area contributed by atoms with Crippen molar-refractivity contribution in [3.63, 3.8) is 0 Å². The molecule has 1 N–H and O–H groups in total. The zero-order valence-corrected chi connectivity index (χ0v) is 9.81. The summed E-state index contributed by atoms with van der Waals surface area (Å²) in [4.78, 5) is 0. The lowest BCUT2D eigenvalue weighted by Crippen LogP contribution is -2.37. The highest BCUT2D eigenvalue weighted by molar-refractivity contribution is 6.37. The van der Waals surface area contributed by atoms with Crippen LogP contribution < -0.4 is 10.1 Å². The van der Waals surface area contributed by atoms with Gasteiger partial charge in [-0.3, -0.25) is 0 Å². The molecule has 1 saturated heterocycles. The van der Waals surface area contributed by atoms with Gasteiger partial charge < -0.3 is 10.1 Å². The Morgan fingerprint density at radius 3 is 2.60 bits per heavy atom. The van der Waals surface area contributed by atoms with Crippen LogP contribution in [0.2, 0.25) is 10.0 Å². The third-order valence-electron chi connectivity index (χ3n) is 2.46. The van der Waals surface area contributed by atoms with E-state index in [0.29, 0.717) is 15.8 Å². The predicted molar refractivity (Wildman–Crippen MR) is 63.0 cm³/mol. The zero-order chi connectivity index (χ0) is 10.7. The molecular formula is C11H13Cl2NO. The van der Waals surface area contributed by atoms with Crippen LogP contribution in [-0.2, 0) is 0 Å². The second-order valence-electron chi connectivity index (χ2n) is 3.64. The van der Waals surface area contributed by atoms with Gasteiger partial charge >= 0.3 is 0 Å². The van der Waals surface area contributed by atoms with Gasteiger partial charge in [0, 0.05) is 6.54 Å². The van der Waals surface area contributed by atoms with Crippen molar-refractivity contribution in [3.8, 4) is 5.75 Å². The largest absolute Gasteiger partial charge is 0.486 e. The van der Waals surface area contributed by atoms with Crippen LogP contribution in [0, 0.1) is 0 Å². The Hall–Kier alpha value is -0.440. The first-order valence-electron chi connectivity index (χ1n) is 5.09. The van der Waals surface area contributed by atoms with E-state index in [1.807, 2.05) is 6.07 Å². The molecule has 2 rings (SSSR count). The Kier molecular flexibility index (Phi) is 3.73. The maximum Gasteiger partial charge on any atom is 0.156 e. The van der Waals surface area contributed by atoms with E-state index in [0.717, 1.165) is 25.9 Å². The van der Waals surface area contributed by atoms with Crippen LogP contribution in [0.15, 0.2) is 18.2 Å². The van der Waals surface area contributed by atoms with Gasteiger partial charge in [0.2, 0.25) is 0 Å². The molecule has 15 heavy (non-hydrogen) atoms. The van der Waals surface area contributed by atoms with E-state index in [2.05, 4.69) is 5.32 Å². The standard InChI is InChI=1S/C11H13Cl2NO/c12-9-4-1-5-10(13)11(9)15-8-3-2-6-14-7-8/h1,4-5,8,14H,2-3,6-7H2. The number of hydrogen-bond acceptors (Lipinski definition) is 2. The maximum atomic E-state index is 6.02. The number of benzene rings is 1. The van der Waals surface area contributed by atoms with Crippen LogP contribution in [-0.4, -0.2) is 19.2 Å². The van der Waals surface area contributed by atoms with E-state index in [4.69, 9.17) is 27.9 Å². The summed E-state index contributed by atoms with van der Waals surface area (Å²) in [6, 6.07) is 5.40. The second kappa shape index (κ2) is 5.06. The van der Waals surface area contributed by atoms with Gasteiger partial charge in [-0.2, -0.15) is 0 Å². The average Bonchev–Trinajstić information content (AvgIpc) is 2.25. The molecule has 1 aliphatic heterocycles. The van der Waals surface area contributed by atoms with Gasteiger partial charge in [0.1, 0.15) is 6.10 Å². The maximum absolute atomic E-state index is 6.02. The molecule has 0 saturated carbocycles. The molecule has 0 amide bonds. The summed E-state index contributed by atoms with van der Waals surface area (Å²) in [5.74, 6) is 0.606. The Bertz CT molecular complexity index is 317. The summed E-state index contributed by atoms with van der Waals surface area (Å²) in [7, 11) is 0. The number of nitrogens with one attached hydrogen (secondary N) is 1. The van der Waals surface area contributed by atoms with Crippen molar-refractivity contribution >= 4 is 23.2 Å². The summed E-state index contributed by atoms with van der Waals surface area (Å²) in [5.41, 5.74) is 0. The highest BCUT2D eigenvalue weighted by atomic mass is 35.5. The minimum atomic E-state index is 0.177. The van der Waals surface area contributed by atoms with E-state index in [9.17, 15) is 0 Å². The molecule has 4 heteroatoms. The van der Waals surface area contributed by atoms with Crippen LogP contribution in [0.4, 0.5) is 0 Å². The molecule has 0 aromatic heterocycles. The Morgan fingerprint density at radius 1 is 1.27 bits per heavy atom. The van der Waals surface area contributed by atoms with E-state index in [1.54, 1.807) is 12.1 Å². The fourth-order valence-corrected chi connectivity index (χ4v) is 2.17. The molecule has 2 nitrogen and oxygen atoms in total. The lowest BCUT2D eigenvalue weighted by Gasteiger charge is -2.24. The van der Waals surface area contributed by atoms with Crippen LogP contribution >= 0.6 is 23.2 Å². The first kappa shape index (κ1) is 11.1. The molecular weight excluding hydrogens is 233 g/mol. The molecule has 1 aromatic carbocycles. The SMILES string of the molecule is Clc1cccc(Cl)c1OC1CCCNC1. The average molecular weight is 246 g/mol. The number of hydrogen-bond donors (Lipinski definition) is 1. The summed E-state index contributed by atoms with van der Waals surface area (Å²) in [6.45, 7) is 1.93. The highest BCUT2D eigenvalue weighted by Crippen LogP contribution is 2.33. The molecule has 0 spiro atoms. The first-order chi connectivity index (χ1) is 7.27. The number of piperidine rings is 1. The van der Waals surface area contributed by atoms with Gasteiger partial charge in [0.25, 0.3) is 0 Å². The molecule has 1 aromatic rings. The Morgan fingerprint density at radius 2 is 2.00 bits per heavy atom. The zero-order valence-electron chi connectivity index (χ0n) is 8.30.